The van der Waals surface area contributed by atoms with E-state index in [0.29, 0.717) is 6.04 Å². The number of nitrogens with one attached hydrogen (secondary N) is 1. The van der Waals surface area contributed by atoms with Crippen LogP contribution in [0.1, 0.15) is 32.0 Å². The van der Waals surface area contributed by atoms with Crippen LogP contribution in [0.5, 0.6) is 0 Å². The Kier molecular flexibility index (Phi) is 4.15. The molecule has 1 heterocycles. The smallest absolute Gasteiger partial charge is 0.0766 e. The van der Waals surface area contributed by atoms with Crippen molar-refractivity contribution in [2.24, 2.45) is 0 Å². The van der Waals surface area contributed by atoms with Crippen LogP contribution < -0.4 is 5.32 Å². The Balaban J connectivity index is 2.18. The first kappa shape index (κ1) is 12.8. The molecule has 0 radical (unpaired) electrons. The maximum absolute atomic E-state index is 4.62. The number of aromatic nitrogens is 2. The number of para-hydroxylation sites is 1. The summed E-state index contributed by atoms with van der Waals surface area (Å²) in [5.74, 6) is 0. The van der Waals surface area contributed by atoms with Crippen molar-refractivity contribution < 1.29 is 0 Å². The van der Waals surface area contributed by atoms with E-state index in [2.05, 4.69) is 61.5 Å². The lowest BCUT2D eigenvalue weighted by molar-refractivity contribution is 0.578. The van der Waals surface area contributed by atoms with Gasteiger partial charge >= 0.3 is 0 Å². The normalized spacial score (nSPS) is 11.1. The van der Waals surface area contributed by atoms with Gasteiger partial charge < -0.3 is 5.32 Å². The molecule has 1 N–H and O–H groups in total. The lowest BCUT2D eigenvalue weighted by atomic mass is 10.1. The summed E-state index contributed by atoms with van der Waals surface area (Å²) in [6.45, 7) is 7.27. The second-order valence-electron chi connectivity index (χ2n) is 4.77. The van der Waals surface area contributed by atoms with Gasteiger partial charge in [-0.3, -0.25) is 0 Å². The first-order valence-electron chi connectivity index (χ1n) is 6.57. The molecule has 1 aromatic carbocycles. The second kappa shape index (κ2) is 5.83. The van der Waals surface area contributed by atoms with Crippen LogP contribution in [0.4, 0.5) is 0 Å². The van der Waals surface area contributed by atoms with E-state index in [-0.39, 0.29) is 0 Å². The zero-order valence-electron chi connectivity index (χ0n) is 11.4. The molecule has 2 rings (SSSR count). The Hall–Kier alpha value is -1.61. The van der Waals surface area contributed by atoms with Crippen LogP contribution in [0.3, 0.4) is 0 Å². The van der Waals surface area contributed by atoms with Gasteiger partial charge in [0.1, 0.15) is 0 Å². The summed E-state index contributed by atoms with van der Waals surface area (Å²) >= 11 is 0. The molecule has 0 aliphatic carbocycles. The molecule has 3 heteroatoms. The zero-order valence-corrected chi connectivity index (χ0v) is 11.4. The maximum atomic E-state index is 4.62. The van der Waals surface area contributed by atoms with Crippen molar-refractivity contribution in [3.63, 3.8) is 0 Å². The number of hydrogen-bond donors (Lipinski definition) is 1. The van der Waals surface area contributed by atoms with E-state index < -0.39 is 0 Å². The summed E-state index contributed by atoms with van der Waals surface area (Å²) in [7, 11) is 0. The predicted octanol–water partition coefficient (Wildman–Crippen LogP) is 2.93. The van der Waals surface area contributed by atoms with Gasteiger partial charge in [-0.2, -0.15) is 5.10 Å². The minimum absolute atomic E-state index is 0.484. The average Bonchev–Trinajstić information content (AvgIpc) is 2.85. The SMILES string of the molecule is CCc1ccccc1-n1ccc(CNC(C)C)n1. The molecule has 1 aromatic heterocycles. The summed E-state index contributed by atoms with van der Waals surface area (Å²) in [6.07, 6.45) is 3.06. The lowest BCUT2D eigenvalue weighted by Crippen LogP contribution is -2.22. The number of nitrogens with zero attached hydrogens (tertiary/aromatic N) is 2. The highest BCUT2D eigenvalue weighted by atomic mass is 15.3. The van der Waals surface area contributed by atoms with E-state index in [0.717, 1.165) is 18.7 Å². The molecule has 18 heavy (non-hydrogen) atoms. The minimum atomic E-state index is 0.484. The van der Waals surface area contributed by atoms with Crippen LogP contribution in [0.25, 0.3) is 5.69 Å². The summed E-state index contributed by atoms with van der Waals surface area (Å²) < 4.78 is 1.97. The van der Waals surface area contributed by atoms with Crippen LogP contribution in [-0.4, -0.2) is 15.8 Å². The molecule has 0 saturated heterocycles. The lowest BCUT2D eigenvalue weighted by Gasteiger charge is -2.08. The highest BCUT2D eigenvalue weighted by Crippen LogP contribution is 2.14. The van der Waals surface area contributed by atoms with Crippen molar-refractivity contribution in [3.05, 3.63) is 47.8 Å². The van der Waals surface area contributed by atoms with Crippen LogP contribution in [0.15, 0.2) is 36.5 Å². The summed E-state index contributed by atoms with van der Waals surface area (Å²) in [5, 5.41) is 7.99. The van der Waals surface area contributed by atoms with Gasteiger partial charge in [-0.25, -0.2) is 4.68 Å². The molecule has 0 fully saturated rings. The third-order valence-corrected chi connectivity index (χ3v) is 2.96. The molecule has 0 unspecified atom stereocenters. The van der Waals surface area contributed by atoms with Gasteiger partial charge in [0.05, 0.1) is 11.4 Å². The van der Waals surface area contributed by atoms with Crippen molar-refractivity contribution >= 4 is 0 Å². The molecule has 0 spiro atoms. The molecule has 3 nitrogen and oxygen atoms in total. The third kappa shape index (κ3) is 2.99. The molecule has 0 saturated carbocycles. The molecule has 0 bridgehead atoms. The van der Waals surface area contributed by atoms with Crippen LogP contribution in [0, 0.1) is 0 Å². The maximum Gasteiger partial charge on any atom is 0.0766 e. The van der Waals surface area contributed by atoms with E-state index in [1.165, 1.54) is 11.3 Å². The molecule has 96 valence electrons. The molecule has 0 amide bonds. The number of hydrogen-bond acceptors (Lipinski definition) is 2. The van der Waals surface area contributed by atoms with Gasteiger partial charge in [0.2, 0.25) is 0 Å². The Morgan fingerprint density at radius 1 is 1.22 bits per heavy atom. The standard InChI is InChI=1S/C15H21N3/c1-4-13-7-5-6-8-15(13)18-10-9-14(17-18)11-16-12(2)3/h5-10,12,16H,4,11H2,1-3H3. The van der Waals surface area contributed by atoms with E-state index in [1.54, 1.807) is 0 Å². The Morgan fingerprint density at radius 3 is 2.72 bits per heavy atom. The monoisotopic (exact) mass is 243 g/mol. The van der Waals surface area contributed by atoms with Crippen LogP contribution >= 0.6 is 0 Å². The van der Waals surface area contributed by atoms with Gasteiger partial charge in [-0.05, 0) is 24.1 Å². The Labute approximate surface area is 109 Å². The van der Waals surface area contributed by atoms with Crippen molar-refractivity contribution in [1.29, 1.82) is 0 Å². The molecule has 0 aliphatic rings. The van der Waals surface area contributed by atoms with Crippen LogP contribution in [0.2, 0.25) is 0 Å². The van der Waals surface area contributed by atoms with E-state index in [1.807, 2.05) is 10.9 Å². The molecule has 2 aromatic rings. The van der Waals surface area contributed by atoms with Gasteiger partial charge in [-0.15, -0.1) is 0 Å². The topological polar surface area (TPSA) is 29.9 Å². The fraction of sp³-hybridized carbons (Fsp3) is 0.400. The van der Waals surface area contributed by atoms with E-state index in [4.69, 9.17) is 0 Å². The molecular weight excluding hydrogens is 222 g/mol. The summed E-state index contributed by atoms with van der Waals surface area (Å²) in [6, 6.07) is 11.0. The Bertz CT molecular complexity index is 500. The average molecular weight is 243 g/mol. The fourth-order valence-electron chi connectivity index (χ4n) is 1.93. The van der Waals surface area contributed by atoms with E-state index in [9.17, 15) is 0 Å². The molecule has 0 atom stereocenters. The minimum Gasteiger partial charge on any atom is -0.309 e. The van der Waals surface area contributed by atoms with Crippen molar-refractivity contribution in [3.8, 4) is 5.69 Å². The highest BCUT2D eigenvalue weighted by Gasteiger charge is 2.05. The first-order valence-corrected chi connectivity index (χ1v) is 6.57. The fourth-order valence-corrected chi connectivity index (χ4v) is 1.93. The van der Waals surface area contributed by atoms with Gasteiger partial charge in [-0.1, -0.05) is 39.0 Å². The highest BCUT2D eigenvalue weighted by molar-refractivity contribution is 5.40. The quantitative estimate of drug-likeness (QED) is 0.875. The van der Waals surface area contributed by atoms with Gasteiger partial charge in [0.25, 0.3) is 0 Å². The summed E-state index contributed by atoms with van der Waals surface area (Å²) in [4.78, 5) is 0. The van der Waals surface area contributed by atoms with Crippen molar-refractivity contribution in [2.45, 2.75) is 39.8 Å². The number of aryl methyl sites for hydroxylation is 1. The van der Waals surface area contributed by atoms with Gasteiger partial charge in [0, 0.05) is 18.8 Å². The number of benzene rings is 1. The van der Waals surface area contributed by atoms with Crippen molar-refractivity contribution in [1.82, 2.24) is 15.1 Å². The molecule has 0 aliphatic heterocycles. The largest absolute Gasteiger partial charge is 0.309 e. The van der Waals surface area contributed by atoms with Gasteiger partial charge in [0.15, 0.2) is 0 Å². The second-order valence-corrected chi connectivity index (χ2v) is 4.77. The Morgan fingerprint density at radius 2 is 2.00 bits per heavy atom. The first-order chi connectivity index (χ1) is 8.70. The third-order valence-electron chi connectivity index (χ3n) is 2.96. The zero-order chi connectivity index (χ0) is 13.0. The van der Waals surface area contributed by atoms with Crippen LogP contribution in [-0.2, 0) is 13.0 Å². The predicted molar refractivity (Wildman–Crippen MR) is 74.9 cm³/mol. The number of rotatable bonds is 5. The summed E-state index contributed by atoms with van der Waals surface area (Å²) in [5.41, 5.74) is 3.58. The molecular formula is C15H21N3. The van der Waals surface area contributed by atoms with E-state index >= 15 is 0 Å². The van der Waals surface area contributed by atoms with Crippen molar-refractivity contribution in [2.75, 3.05) is 0 Å².